The zero-order valence-electron chi connectivity index (χ0n) is 10.7. The second-order valence-corrected chi connectivity index (χ2v) is 4.15. The zero-order valence-corrected chi connectivity index (χ0v) is 10.7. The van der Waals surface area contributed by atoms with E-state index < -0.39 is 0 Å². The average Bonchev–Trinajstić information content (AvgIpc) is 2.21. The lowest BCUT2D eigenvalue weighted by Crippen LogP contribution is -2.25. The Morgan fingerprint density at radius 3 is 2.62 bits per heavy atom. The summed E-state index contributed by atoms with van der Waals surface area (Å²) in [6, 6.07) is 0. The maximum atomic E-state index is 11.2. The summed E-state index contributed by atoms with van der Waals surface area (Å²) in [7, 11) is 3.56. The maximum Gasteiger partial charge on any atom is 0.222 e. The molecule has 0 radical (unpaired) electrons. The Morgan fingerprint density at radius 1 is 1.38 bits per heavy atom. The molecule has 0 bridgehead atoms. The van der Waals surface area contributed by atoms with Crippen LogP contribution in [0.3, 0.4) is 0 Å². The molecule has 0 atom stereocenters. The number of hydrogen-bond acceptors (Lipinski definition) is 3. The highest BCUT2D eigenvalue weighted by Crippen LogP contribution is 1.91. The van der Waals surface area contributed by atoms with Crippen LogP contribution in [-0.4, -0.2) is 51.2 Å². The van der Waals surface area contributed by atoms with Crippen molar-refractivity contribution >= 4 is 5.91 Å². The fourth-order valence-corrected chi connectivity index (χ4v) is 1.10. The molecule has 0 aromatic rings. The average molecular weight is 228 g/mol. The van der Waals surface area contributed by atoms with E-state index in [2.05, 4.69) is 11.9 Å². The zero-order chi connectivity index (χ0) is 12.4. The van der Waals surface area contributed by atoms with E-state index in [4.69, 9.17) is 4.74 Å². The number of ether oxygens (including phenoxy) is 1. The molecular weight excluding hydrogens is 204 g/mol. The van der Waals surface area contributed by atoms with E-state index in [1.807, 2.05) is 6.92 Å². The van der Waals surface area contributed by atoms with Crippen molar-refractivity contribution in [2.45, 2.75) is 19.8 Å². The third-order valence-electron chi connectivity index (χ3n) is 2.01. The Labute approximate surface area is 98.6 Å². The Bertz CT molecular complexity index is 215. The SMILES string of the molecule is C=C(C)COCCNCCCC(=O)N(C)C. The number of nitrogens with one attached hydrogen (secondary N) is 1. The molecule has 0 aliphatic heterocycles. The summed E-state index contributed by atoms with van der Waals surface area (Å²) in [4.78, 5) is 12.8. The molecule has 0 spiro atoms. The van der Waals surface area contributed by atoms with Gasteiger partial charge in [-0.25, -0.2) is 0 Å². The molecule has 0 saturated carbocycles. The Morgan fingerprint density at radius 2 is 2.06 bits per heavy atom. The molecule has 0 aromatic carbocycles. The Kier molecular flexibility index (Phi) is 8.85. The summed E-state index contributed by atoms with van der Waals surface area (Å²) in [5.41, 5.74) is 1.04. The van der Waals surface area contributed by atoms with Gasteiger partial charge < -0.3 is 15.0 Å². The van der Waals surface area contributed by atoms with Gasteiger partial charge in [0.2, 0.25) is 5.91 Å². The van der Waals surface area contributed by atoms with Gasteiger partial charge >= 0.3 is 0 Å². The minimum Gasteiger partial charge on any atom is -0.376 e. The van der Waals surface area contributed by atoms with Crippen LogP contribution in [0.15, 0.2) is 12.2 Å². The van der Waals surface area contributed by atoms with Crippen LogP contribution >= 0.6 is 0 Å². The molecule has 0 aromatic heterocycles. The van der Waals surface area contributed by atoms with Crippen LogP contribution in [-0.2, 0) is 9.53 Å². The molecule has 1 amide bonds. The molecule has 0 heterocycles. The number of carbonyl (C=O) groups is 1. The van der Waals surface area contributed by atoms with Crippen molar-refractivity contribution in [1.82, 2.24) is 10.2 Å². The third kappa shape index (κ3) is 9.68. The van der Waals surface area contributed by atoms with Gasteiger partial charge in [0.15, 0.2) is 0 Å². The standard InChI is InChI=1S/C12H24N2O2/c1-11(2)10-16-9-8-13-7-5-6-12(15)14(3)4/h13H,1,5-10H2,2-4H3. The van der Waals surface area contributed by atoms with Gasteiger partial charge in [0.25, 0.3) is 0 Å². The van der Waals surface area contributed by atoms with Gasteiger partial charge in [-0.3, -0.25) is 4.79 Å². The fourth-order valence-electron chi connectivity index (χ4n) is 1.10. The number of hydrogen-bond donors (Lipinski definition) is 1. The highest BCUT2D eigenvalue weighted by Gasteiger charge is 2.01. The van der Waals surface area contributed by atoms with Gasteiger partial charge in [-0.1, -0.05) is 12.2 Å². The minimum absolute atomic E-state index is 0.181. The smallest absolute Gasteiger partial charge is 0.222 e. The van der Waals surface area contributed by atoms with Crippen molar-refractivity contribution in [3.63, 3.8) is 0 Å². The van der Waals surface area contributed by atoms with Crippen LogP contribution in [0.4, 0.5) is 0 Å². The summed E-state index contributed by atoms with van der Waals surface area (Å²) in [6.07, 6.45) is 1.48. The highest BCUT2D eigenvalue weighted by molar-refractivity contribution is 5.75. The minimum atomic E-state index is 0.181. The molecule has 16 heavy (non-hydrogen) atoms. The molecule has 4 nitrogen and oxygen atoms in total. The van der Waals surface area contributed by atoms with E-state index in [0.29, 0.717) is 19.6 Å². The molecule has 0 aliphatic carbocycles. The molecule has 0 saturated heterocycles. The lowest BCUT2D eigenvalue weighted by molar-refractivity contribution is -0.128. The number of rotatable bonds is 9. The normalized spacial score (nSPS) is 10.2. The van der Waals surface area contributed by atoms with Gasteiger partial charge in [0.1, 0.15) is 0 Å². The highest BCUT2D eigenvalue weighted by atomic mass is 16.5. The first kappa shape index (κ1) is 15.1. The quantitative estimate of drug-likeness (QED) is 0.473. The Hall–Kier alpha value is -0.870. The van der Waals surface area contributed by atoms with E-state index >= 15 is 0 Å². The van der Waals surface area contributed by atoms with Crippen molar-refractivity contribution in [2.24, 2.45) is 0 Å². The van der Waals surface area contributed by atoms with Crippen LogP contribution < -0.4 is 5.32 Å². The largest absolute Gasteiger partial charge is 0.376 e. The second-order valence-electron chi connectivity index (χ2n) is 4.15. The van der Waals surface area contributed by atoms with Crippen molar-refractivity contribution in [2.75, 3.05) is 40.4 Å². The summed E-state index contributed by atoms with van der Waals surface area (Å²) in [5, 5.41) is 3.23. The summed E-state index contributed by atoms with van der Waals surface area (Å²) in [6.45, 7) is 8.69. The van der Waals surface area contributed by atoms with Gasteiger partial charge in [-0.05, 0) is 19.9 Å². The van der Waals surface area contributed by atoms with Crippen molar-refractivity contribution < 1.29 is 9.53 Å². The molecule has 0 unspecified atom stereocenters. The van der Waals surface area contributed by atoms with Crippen molar-refractivity contribution in [3.05, 3.63) is 12.2 Å². The summed E-state index contributed by atoms with van der Waals surface area (Å²) >= 11 is 0. The first-order chi connectivity index (χ1) is 7.54. The molecule has 1 N–H and O–H groups in total. The predicted octanol–water partition coefficient (Wildman–Crippen LogP) is 1.04. The summed E-state index contributed by atoms with van der Waals surface area (Å²) in [5.74, 6) is 0.181. The maximum absolute atomic E-state index is 11.2. The van der Waals surface area contributed by atoms with Gasteiger partial charge in [0.05, 0.1) is 13.2 Å². The topological polar surface area (TPSA) is 41.6 Å². The van der Waals surface area contributed by atoms with E-state index in [9.17, 15) is 4.79 Å². The molecular formula is C12H24N2O2. The van der Waals surface area contributed by atoms with Gasteiger partial charge in [-0.15, -0.1) is 0 Å². The van der Waals surface area contributed by atoms with Crippen LogP contribution in [0.25, 0.3) is 0 Å². The monoisotopic (exact) mass is 228 g/mol. The molecule has 0 rings (SSSR count). The van der Waals surface area contributed by atoms with Crippen LogP contribution in [0.2, 0.25) is 0 Å². The van der Waals surface area contributed by atoms with Gasteiger partial charge in [0, 0.05) is 27.1 Å². The van der Waals surface area contributed by atoms with Crippen LogP contribution in [0.1, 0.15) is 19.8 Å². The van der Waals surface area contributed by atoms with Crippen molar-refractivity contribution in [3.8, 4) is 0 Å². The van der Waals surface area contributed by atoms with Crippen LogP contribution in [0, 0.1) is 0 Å². The molecule has 0 aliphatic rings. The van der Waals surface area contributed by atoms with Crippen LogP contribution in [0.5, 0.6) is 0 Å². The molecule has 94 valence electrons. The van der Waals surface area contributed by atoms with E-state index in [1.54, 1.807) is 19.0 Å². The van der Waals surface area contributed by atoms with E-state index in [0.717, 1.165) is 25.1 Å². The van der Waals surface area contributed by atoms with Gasteiger partial charge in [-0.2, -0.15) is 0 Å². The molecule has 4 heteroatoms. The number of amides is 1. The second kappa shape index (κ2) is 9.36. The Balaban J connectivity index is 3.16. The lowest BCUT2D eigenvalue weighted by Gasteiger charge is -2.10. The lowest BCUT2D eigenvalue weighted by atomic mass is 10.3. The summed E-state index contributed by atoms with van der Waals surface area (Å²) < 4.78 is 5.32. The van der Waals surface area contributed by atoms with E-state index in [1.165, 1.54) is 0 Å². The fraction of sp³-hybridized carbons (Fsp3) is 0.750. The first-order valence-corrected chi connectivity index (χ1v) is 5.67. The number of nitrogens with zero attached hydrogens (tertiary/aromatic N) is 1. The number of carbonyl (C=O) groups excluding carboxylic acids is 1. The van der Waals surface area contributed by atoms with Crippen molar-refractivity contribution in [1.29, 1.82) is 0 Å². The first-order valence-electron chi connectivity index (χ1n) is 5.67. The molecule has 0 fully saturated rings. The third-order valence-corrected chi connectivity index (χ3v) is 2.01. The predicted molar refractivity (Wildman–Crippen MR) is 66.4 cm³/mol. The van der Waals surface area contributed by atoms with E-state index in [-0.39, 0.29) is 5.91 Å².